The number of hydrogen-bond donors (Lipinski definition) is 1. The van der Waals surface area contributed by atoms with Crippen LogP contribution in [0.5, 0.6) is 11.5 Å². The van der Waals surface area contributed by atoms with Gasteiger partial charge in [-0.2, -0.15) is 0 Å². The van der Waals surface area contributed by atoms with Crippen molar-refractivity contribution in [1.82, 2.24) is 4.90 Å². The van der Waals surface area contributed by atoms with Gasteiger partial charge in [-0.1, -0.05) is 6.07 Å². The summed E-state index contributed by atoms with van der Waals surface area (Å²) in [5.41, 5.74) is 2.88. The second-order valence-electron chi connectivity index (χ2n) is 7.58. The third-order valence-corrected chi connectivity index (χ3v) is 5.37. The summed E-state index contributed by atoms with van der Waals surface area (Å²) in [6.07, 6.45) is 0.277. The van der Waals surface area contributed by atoms with Gasteiger partial charge in [0, 0.05) is 43.6 Å². The summed E-state index contributed by atoms with van der Waals surface area (Å²) < 4.78 is 10.5. The minimum Gasteiger partial charge on any atom is -0.493 e. The fourth-order valence-electron chi connectivity index (χ4n) is 3.63. The first-order valence-electron chi connectivity index (χ1n) is 10.1. The second kappa shape index (κ2) is 9.65. The van der Waals surface area contributed by atoms with Gasteiger partial charge in [0.25, 0.3) is 0 Å². The van der Waals surface area contributed by atoms with Gasteiger partial charge < -0.3 is 19.7 Å². The van der Waals surface area contributed by atoms with E-state index in [0.29, 0.717) is 17.5 Å². The maximum atomic E-state index is 12.4. The van der Waals surface area contributed by atoms with Gasteiger partial charge in [0.2, 0.25) is 5.91 Å². The molecule has 6 nitrogen and oxygen atoms in total. The minimum absolute atomic E-state index is 0.0597. The molecule has 0 aliphatic carbocycles. The van der Waals surface area contributed by atoms with E-state index in [4.69, 9.17) is 9.47 Å². The first-order valence-corrected chi connectivity index (χ1v) is 10.1. The van der Waals surface area contributed by atoms with Crippen LogP contribution in [0.25, 0.3) is 0 Å². The molecule has 1 N–H and O–H groups in total. The topological polar surface area (TPSA) is 54.0 Å². The zero-order valence-corrected chi connectivity index (χ0v) is 17.8. The highest BCUT2D eigenvalue weighted by molar-refractivity contribution is 5.92. The lowest BCUT2D eigenvalue weighted by atomic mass is 10.1. The summed E-state index contributed by atoms with van der Waals surface area (Å²) in [6, 6.07) is 14.2. The first-order chi connectivity index (χ1) is 14.0. The Labute approximate surface area is 173 Å². The second-order valence-corrected chi connectivity index (χ2v) is 7.58. The molecule has 0 aromatic heterocycles. The number of piperazine rings is 1. The average Bonchev–Trinajstić information content (AvgIpc) is 2.74. The lowest BCUT2D eigenvalue weighted by Crippen LogP contribution is -2.48. The fourth-order valence-corrected chi connectivity index (χ4v) is 3.63. The summed E-state index contributed by atoms with van der Waals surface area (Å²) in [4.78, 5) is 17.3. The third-order valence-electron chi connectivity index (χ3n) is 5.37. The number of nitrogens with one attached hydrogen (secondary N) is 1. The van der Waals surface area contributed by atoms with Gasteiger partial charge in [-0.3, -0.25) is 9.69 Å². The van der Waals surface area contributed by atoms with Crippen molar-refractivity contribution in [1.29, 1.82) is 0 Å². The number of hydrogen-bond acceptors (Lipinski definition) is 5. The molecule has 1 aliphatic heterocycles. The van der Waals surface area contributed by atoms with E-state index in [-0.39, 0.29) is 12.3 Å². The lowest BCUT2D eigenvalue weighted by molar-refractivity contribution is -0.115. The smallest absolute Gasteiger partial charge is 0.228 e. The molecule has 6 heteroatoms. The Morgan fingerprint density at radius 3 is 2.21 bits per heavy atom. The molecule has 3 rings (SSSR count). The van der Waals surface area contributed by atoms with Crippen LogP contribution in [0.3, 0.4) is 0 Å². The van der Waals surface area contributed by atoms with Gasteiger partial charge >= 0.3 is 0 Å². The molecular formula is C23H31N3O3. The van der Waals surface area contributed by atoms with Crippen LogP contribution in [0.1, 0.15) is 19.4 Å². The molecule has 156 valence electrons. The summed E-state index contributed by atoms with van der Waals surface area (Å²) in [7, 11) is 3.18. The van der Waals surface area contributed by atoms with Crippen molar-refractivity contribution in [3.8, 4) is 11.5 Å². The Kier molecular flexibility index (Phi) is 6.99. The molecule has 0 radical (unpaired) electrons. The quantitative estimate of drug-likeness (QED) is 0.776. The van der Waals surface area contributed by atoms with Crippen molar-refractivity contribution in [2.75, 3.05) is 50.6 Å². The first kappa shape index (κ1) is 21.0. The molecule has 1 fully saturated rings. The van der Waals surface area contributed by atoms with Crippen molar-refractivity contribution < 1.29 is 14.3 Å². The highest BCUT2D eigenvalue weighted by Gasteiger charge is 2.19. The molecule has 0 spiro atoms. The number of carbonyl (C=O) groups excluding carboxylic acids is 1. The molecule has 1 heterocycles. The molecule has 0 bridgehead atoms. The third kappa shape index (κ3) is 5.41. The number of benzene rings is 2. The summed E-state index contributed by atoms with van der Waals surface area (Å²) in [5, 5.41) is 2.97. The van der Waals surface area contributed by atoms with Crippen LogP contribution in [0, 0.1) is 0 Å². The maximum Gasteiger partial charge on any atom is 0.228 e. The largest absolute Gasteiger partial charge is 0.493 e. The molecule has 2 aromatic rings. The summed E-state index contributed by atoms with van der Waals surface area (Å²) in [5.74, 6) is 1.22. The molecule has 29 heavy (non-hydrogen) atoms. The molecule has 1 aliphatic rings. The number of carbonyl (C=O) groups is 1. The van der Waals surface area contributed by atoms with E-state index in [2.05, 4.69) is 41.1 Å². The Hall–Kier alpha value is -2.73. The number of anilines is 2. The van der Waals surface area contributed by atoms with Gasteiger partial charge in [-0.05, 0) is 55.8 Å². The van der Waals surface area contributed by atoms with E-state index in [1.165, 1.54) is 5.69 Å². The monoisotopic (exact) mass is 397 g/mol. The summed E-state index contributed by atoms with van der Waals surface area (Å²) >= 11 is 0. The number of ether oxygens (including phenoxy) is 2. The Balaban J connectivity index is 1.55. The highest BCUT2D eigenvalue weighted by atomic mass is 16.5. The zero-order valence-electron chi connectivity index (χ0n) is 17.8. The van der Waals surface area contributed by atoms with E-state index < -0.39 is 0 Å². The Morgan fingerprint density at radius 1 is 0.966 bits per heavy atom. The predicted molar refractivity (Wildman–Crippen MR) is 117 cm³/mol. The van der Waals surface area contributed by atoms with Crippen molar-refractivity contribution in [2.24, 2.45) is 0 Å². The van der Waals surface area contributed by atoms with E-state index in [1.807, 2.05) is 30.3 Å². The van der Waals surface area contributed by atoms with Crippen LogP contribution >= 0.6 is 0 Å². The van der Waals surface area contributed by atoms with E-state index >= 15 is 0 Å². The van der Waals surface area contributed by atoms with Crippen molar-refractivity contribution in [3.63, 3.8) is 0 Å². The number of methoxy groups -OCH3 is 2. The predicted octanol–water partition coefficient (Wildman–Crippen LogP) is 3.42. The molecule has 2 aromatic carbocycles. The van der Waals surface area contributed by atoms with Crippen LogP contribution < -0.4 is 19.7 Å². The van der Waals surface area contributed by atoms with Crippen LogP contribution in [-0.4, -0.2) is 57.2 Å². The minimum atomic E-state index is -0.0597. The maximum absolute atomic E-state index is 12.4. The fraction of sp³-hybridized carbons (Fsp3) is 0.435. The van der Waals surface area contributed by atoms with Crippen molar-refractivity contribution >= 4 is 17.3 Å². The number of amides is 1. The van der Waals surface area contributed by atoms with Gasteiger partial charge in [0.1, 0.15) is 0 Å². The van der Waals surface area contributed by atoms with E-state index in [9.17, 15) is 4.79 Å². The molecular weight excluding hydrogens is 366 g/mol. The van der Waals surface area contributed by atoms with E-state index in [0.717, 1.165) is 37.4 Å². The lowest BCUT2D eigenvalue weighted by Gasteiger charge is -2.38. The normalized spacial score (nSPS) is 14.7. The Bertz CT molecular complexity index is 813. The van der Waals surface area contributed by atoms with Crippen molar-refractivity contribution in [2.45, 2.75) is 26.3 Å². The number of nitrogens with zero attached hydrogens (tertiary/aromatic N) is 2. The van der Waals surface area contributed by atoms with Gasteiger partial charge in [-0.25, -0.2) is 0 Å². The van der Waals surface area contributed by atoms with Crippen LogP contribution in [0.15, 0.2) is 42.5 Å². The summed E-state index contributed by atoms with van der Waals surface area (Å²) in [6.45, 7) is 8.72. The van der Waals surface area contributed by atoms with Gasteiger partial charge in [-0.15, -0.1) is 0 Å². The molecule has 0 saturated carbocycles. The van der Waals surface area contributed by atoms with Gasteiger partial charge in [0.15, 0.2) is 11.5 Å². The molecule has 1 amide bonds. The molecule has 1 saturated heterocycles. The van der Waals surface area contributed by atoms with Gasteiger partial charge in [0.05, 0.1) is 20.6 Å². The standard InChI is InChI=1S/C23H31N3O3/c1-17(2)25-11-13-26(14-12-25)20-8-6-19(7-9-20)24-23(27)16-18-5-10-21(28-3)22(15-18)29-4/h5-10,15,17H,11-14,16H2,1-4H3,(H,24,27). The SMILES string of the molecule is COc1ccc(CC(=O)Nc2ccc(N3CCN(C(C)C)CC3)cc2)cc1OC. The number of rotatable bonds is 7. The van der Waals surface area contributed by atoms with Crippen LogP contribution in [0.2, 0.25) is 0 Å². The van der Waals surface area contributed by atoms with E-state index in [1.54, 1.807) is 14.2 Å². The average molecular weight is 398 g/mol. The van der Waals surface area contributed by atoms with Crippen molar-refractivity contribution in [3.05, 3.63) is 48.0 Å². The highest BCUT2D eigenvalue weighted by Crippen LogP contribution is 2.28. The Morgan fingerprint density at radius 2 is 1.62 bits per heavy atom. The van der Waals surface area contributed by atoms with Crippen LogP contribution in [-0.2, 0) is 11.2 Å². The molecule has 0 atom stereocenters. The molecule has 0 unspecified atom stereocenters. The van der Waals surface area contributed by atoms with Crippen LogP contribution in [0.4, 0.5) is 11.4 Å². The zero-order chi connectivity index (χ0) is 20.8.